The molecule has 1 unspecified atom stereocenters. The number of hydrogen-bond acceptors (Lipinski definition) is 1. The van der Waals surface area contributed by atoms with Gasteiger partial charge < -0.3 is 9.88 Å². The van der Waals surface area contributed by atoms with Crippen LogP contribution in [0.3, 0.4) is 0 Å². The molecule has 3 heteroatoms. The van der Waals surface area contributed by atoms with E-state index in [1.54, 1.807) is 6.20 Å². The molecule has 0 saturated carbocycles. The van der Waals surface area contributed by atoms with Gasteiger partial charge in [-0.25, -0.2) is 0 Å². The van der Waals surface area contributed by atoms with Crippen LogP contribution in [0.25, 0.3) is 0 Å². The van der Waals surface area contributed by atoms with Gasteiger partial charge in [-0.3, -0.25) is 4.79 Å². The first kappa shape index (κ1) is 8.51. The van der Waals surface area contributed by atoms with Crippen LogP contribution in [0.2, 0.25) is 0 Å². The lowest BCUT2D eigenvalue weighted by Gasteiger charge is -2.15. The molecule has 1 aliphatic heterocycles. The average Bonchev–Trinajstić information content (AvgIpc) is 2.52. The van der Waals surface area contributed by atoms with E-state index in [1.165, 1.54) is 17.9 Å². The zero-order chi connectivity index (χ0) is 9.26. The van der Waals surface area contributed by atoms with Crippen molar-refractivity contribution in [1.82, 2.24) is 4.98 Å². The van der Waals surface area contributed by atoms with Crippen molar-refractivity contribution in [2.24, 2.45) is 0 Å². The highest BCUT2D eigenvalue weighted by Gasteiger charge is 2.28. The molecule has 2 atom stereocenters. The van der Waals surface area contributed by atoms with Crippen LogP contribution < -0.4 is 10.5 Å². The van der Waals surface area contributed by atoms with Gasteiger partial charge in [-0.2, -0.15) is 0 Å². The van der Waals surface area contributed by atoms with Crippen LogP contribution in [0.5, 0.6) is 0 Å². The molecule has 1 saturated heterocycles. The van der Waals surface area contributed by atoms with E-state index in [-0.39, 0.29) is 5.56 Å². The van der Waals surface area contributed by atoms with Crippen LogP contribution in [0.4, 0.5) is 0 Å². The number of H-pyrrole nitrogens is 1. The Morgan fingerprint density at radius 2 is 2.46 bits per heavy atom. The summed E-state index contributed by atoms with van der Waals surface area (Å²) in [5.41, 5.74) is 1.02. The Balaban J connectivity index is 2.35. The maximum atomic E-state index is 11.5. The number of nitrogens with one attached hydrogen (secondary N) is 2. The van der Waals surface area contributed by atoms with Crippen LogP contribution in [0.15, 0.2) is 23.1 Å². The Labute approximate surface area is 77.4 Å². The second-order valence-electron chi connectivity index (χ2n) is 3.75. The number of quaternary nitrogens is 1. The second kappa shape index (κ2) is 3.34. The molecule has 2 N–H and O–H groups in total. The fraction of sp³-hybridized carbons (Fsp3) is 0.500. The van der Waals surface area contributed by atoms with Gasteiger partial charge in [0.05, 0.1) is 19.2 Å². The predicted octanol–water partition coefficient (Wildman–Crippen LogP) is -0.275. The molecule has 0 spiro atoms. The smallest absolute Gasteiger partial charge is 0.257 e. The number of hydrogen-bond donors (Lipinski definition) is 2. The van der Waals surface area contributed by atoms with E-state index in [9.17, 15) is 4.79 Å². The number of pyridine rings is 1. The maximum absolute atomic E-state index is 11.5. The van der Waals surface area contributed by atoms with Gasteiger partial charge in [0.15, 0.2) is 0 Å². The summed E-state index contributed by atoms with van der Waals surface area (Å²) < 4.78 is 0. The molecular formula is C10H15N2O+. The van der Waals surface area contributed by atoms with E-state index < -0.39 is 0 Å². The monoisotopic (exact) mass is 179 g/mol. The zero-order valence-corrected chi connectivity index (χ0v) is 7.84. The Hall–Kier alpha value is -1.09. The number of aromatic amines is 1. The first-order valence-electron chi connectivity index (χ1n) is 4.79. The van der Waals surface area contributed by atoms with Gasteiger partial charge >= 0.3 is 0 Å². The fourth-order valence-electron chi connectivity index (χ4n) is 2.14. The van der Waals surface area contributed by atoms with Crippen molar-refractivity contribution in [2.75, 3.05) is 13.6 Å². The fourth-order valence-corrected chi connectivity index (χ4v) is 2.14. The first-order valence-corrected chi connectivity index (χ1v) is 4.79. The van der Waals surface area contributed by atoms with Crippen LogP contribution in [-0.4, -0.2) is 18.6 Å². The lowest BCUT2D eigenvalue weighted by molar-refractivity contribution is -0.898. The largest absolute Gasteiger partial charge is 0.331 e. The van der Waals surface area contributed by atoms with Crippen molar-refractivity contribution in [1.29, 1.82) is 0 Å². The summed E-state index contributed by atoms with van der Waals surface area (Å²) in [4.78, 5) is 15.7. The minimum atomic E-state index is 0.0775. The van der Waals surface area contributed by atoms with Gasteiger partial charge in [0.2, 0.25) is 0 Å². The van der Waals surface area contributed by atoms with Crippen molar-refractivity contribution in [3.63, 3.8) is 0 Å². The second-order valence-corrected chi connectivity index (χ2v) is 3.75. The third-order valence-corrected chi connectivity index (χ3v) is 2.88. The Morgan fingerprint density at radius 1 is 1.62 bits per heavy atom. The van der Waals surface area contributed by atoms with Crippen molar-refractivity contribution in [2.45, 2.75) is 18.9 Å². The topological polar surface area (TPSA) is 37.3 Å². The summed E-state index contributed by atoms with van der Waals surface area (Å²) in [6, 6.07) is 4.26. The summed E-state index contributed by atoms with van der Waals surface area (Å²) in [6.45, 7) is 1.18. The molecule has 13 heavy (non-hydrogen) atoms. The molecule has 0 aromatic carbocycles. The Bertz CT molecular complexity index is 345. The minimum absolute atomic E-state index is 0.0775. The van der Waals surface area contributed by atoms with Crippen LogP contribution in [0, 0.1) is 0 Å². The van der Waals surface area contributed by atoms with Gasteiger partial charge in [-0.05, 0) is 12.1 Å². The van der Waals surface area contributed by atoms with Gasteiger partial charge in [-0.1, -0.05) is 0 Å². The average molecular weight is 179 g/mol. The third-order valence-electron chi connectivity index (χ3n) is 2.88. The Kier molecular flexibility index (Phi) is 2.19. The van der Waals surface area contributed by atoms with Crippen molar-refractivity contribution in [3.8, 4) is 0 Å². The summed E-state index contributed by atoms with van der Waals surface area (Å²) >= 11 is 0. The third kappa shape index (κ3) is 1.52. The highest BCUT2D eigenvalue weighted by molar-refractivity contribution is 5.12. The van der Waals surface area contributed by atoms with Crippen LogP contribution >= 0.6 is 0 Å². The van der Waals surface area contributed by atoms with E-state index in [1.807, 2.05) is 12.1 Å². The van der Waals surface area contributed by atoms with E-state index >= 15 is 0 Å². The van der Waals surface area contributed by atoms with Gasteiger partial charge in [0.1, 0.15) is 6.04 Å². The molecule has 0 aliphatic carbocycles. The van der Waals surface area contributed by atoms with Crippen molar-refractivity contribution in [3.05, 3.63) is 34.2 Å². The zero-order valence-electron chi connectivity index (χ0n) is 7.84. The molecule has 2 rings (SSSR count). The van der Waals surface area contributed by atoms with E-state index in [2.05, 4.69) is 12.0 Å². The van der Waals surface area contributed by atoms with Gasteiger partial charge in [0, 0.05) is 19.0 Å². The SMILES string of the molecule is C[NH+]1CCC[C@@H]1c1ccc[nH]c1=O. The maximum Gasteiger partial charge on any atom is 0.257 e. The predicted molar refractivity (Wildman–Crippen MR) is 50.8 cm³/mol. The summed E-state index contributed by atoms with van der Waals surface area (Å²) in [5.74, 6) is 0. The first-order chi connectivity index (χ1) is 6.29. The normalized spacial score (nSPS) is 27.8. The lowest BCUT2D eigenvalue weighted by Crippen LogP contribution is -3.07. The molecule has 2 heterocycles. The minimum Gasteiger partial charge on any atom is -0.331 e. The summed E-state index contributed by atoms with van der Waals surface area (Å²) in [5, 5.41) is 0. The van der Waals surface area contributed by atoms with Gasteiger partial charge in [-0.15, -0.1) is 0 Å². The summed E-state index contributed by atoms with van der Waals surface area (Å²) in [6.07, 6.45) is 4.06. The molecule has 1 aromatic heterocycles. The number of aromatic nitrogens is 1. The Morgan fingerprint density at radius 3 is 3.08 bits per heavy atom. The van der Waals surface area contributed by atoms with Crippen molar-refractivity contribution >= 4 is 0 Å². The number of rotatable bonds is 1. The lowest BCUT2D eigenvalue weighted by atomic mass is 10.1. The molecular weight excluding hydrogens is 164 g/mol. The quantitative estimate of drug-likeness (QED) is 0.611. The molecule has 0 amide bonds. The molecule has 0 bridgehead atoms. The molecule has 70 valence electrons. The van der Waals surface area contributed by atoms with Crippen LogP contribution in [0.1, 0.15) is 24.4 Å². The molecule has 0 radical (unpaired) electrons. The standard InChI is InChI=1S/C10H14N2O/c1-12-7-3-5-9(12)8-4-2-6-11-10(8)13/h2,4,6,9H,3,5,7H2,1H3,(H,11,13)/p+1/t9-/m1/s1. The van der Waals surface area contributed by atoms with E-state index in [0.717, 1.165) is 12.0 Å². The van der Waals surface area contributed by atoms with Crippen molar-refractivity contribution < 1.29 is 4.90 Å². The molecule has 1 aromatic rings. The van der Waals surface area contributed by atoms with E-state index in [4.69, 9.17) is 0 Å². The highest BCUT2D eigenvalue weighted by atomic mass is 16.1. The highest BCUT2D eigenvalue weighted by Crippen LogP contribution is 2.14. The number of likely N-dealkylation sites (tertiary alicyclic amines) is 1. The van der Waals surface area contributed by atoms with Gasteiger partial charge in [0.25, 0.3) is 5.56 Å². The molecule has 1 aliphatic rings. The summed E-state index contributed by atoms with van der Waals surface area (Å²) in [7, 11) is 2.16. The van der Waals surface area contributed by atoms with Crippen LogP contribution in [-0.2, 0) is 0 Å². The van der Waals surface area contributed by atoms with E-state index in [0.29, 0.717) is 6.04 Å². The molecule has 3 nitrogen and oxygen atoms in total. The molecule has 1 fully saturated rings.